The molecule has 0 aliphatic heterocycles. The summed E-state index contributed by atoms with van der Waals surface area (Å²) in [6, 6.07) is 17.8. The summed E-state index contributed by atoms with van der Waals surface area (Å²) in [7, 11) is -3.76. The first-order chi connectivity index (χ1) is 13.7. The van der Waals surface area contributed by atoms with Gasteiger partial charge in [0.05, 0.1) is 6.61 Å². The molecule has 0 atom stereocenters. The van der Waals surface area contributed by atoms with Crippen LogP contribution in [0.1, 0.15) is 51.4 Å². The standard InChI is InChI=1S/C22H31O5P/c23-19-13-5-3-1-2-4-6-14-20-25-28(24,26-21-15-9-7-10-16-21)27-22-17-11-8-12-18-22/h7-12,15-18,23H,1-6,13-14,19-20H2. The van der Waals surface area contributed by atoms with E-state index in [1.165, 1.54) is 19.3 Å². The minimum Gasteiger partial charge on any atom is -0.396 e. The van der Waals surface area contributed by atoms with Gasteiger partial charge in [0, 0.05) is 6.61 Å². The SMILES string of the molecule is O=P(OCCCCCCCCCCO)(Oc1ccccc1)Oc1ccccc1. The lowest BCUT2D eigenvalue weighted by molar-refractivity contribution is 0.205. The van der Waals surface area contributed by atoms with Crippen molar-refractivity contribution in [2.24, 2.45) is 0 Å². The molecule has 2 rings (SSSR count). The van der Waals surface area contributed by atoms with Crippen molar-refractivity contribution in [3.8, 4) is 11.5 Å². The zero-order chi connectivity index (χ0) is 19.9. The van der Waals surface area contributed by atoms with Crippen LogP contribution in [0.25, 0.3) is 0 Å². The zero-order valence-electron chi connectivity index (χ0n) is 16.4. The van der Waals surface area contributed by atoms with E-state index in [0.717, 1.165) is 32.1 Å². The van der Waals surface area contributed by atoms with Crippen molar-refractivity contribution in [1.29, 1.82) is 0 Å². The van der Waals surface area contributed by atoms with Crippen LogP contribution in [0.4, 0.5) is 0 Å². The summed E-state index contributed by atoms with van der Waals surface area (Å²) in [5.41, 5.74) is 0. The summed E-state index contributed by atoms with van der Waals surface area (Å²) >= 11 is 0. The van der Waals surface area contributed by atoms with Crippen LogP contribution in [0, 0.1) is 0 Å². The van der Waals surface area contributed by atoms with Crippen molar-refractivity contribution in [1.82, 2.24) is 0 Å². The summed E-state index contributed by atoms with van der Waals surface area (Å²) < 4.78 is 29.8. The highest BCUT2D eigenvalue weighted by atomic mass is 31.2. The fourth-order valence-electron chi connectivity index (χ4n) is 2.74. The van der Waals surface area contributed by atoms with E-state index < -0.39 is 7.82 Å². The van der Waals surface area contributed by atoms with Gasteiger partial charge in [0.15, 0.2) is 0 Å². The number of aliphatic hydroxyl groups is 1. The molecule has 28 heavy (non-hydrogen) atoms. The highest BCUT2D eigenvalue weighted by Gasteiger charge is 2.30. The lowest BCUT2D eigenvalue weighted by Gasteiger charge is -2.19. The number of benzene rings is 2. The Morgan fingerprint density at radius 3 is 1.54 bits per heavy atom. The van der Waals surface area contributed by atoms with Gasteiger partial charge in [0.2, 0.25) is 0 Å². The monoisotopic (exact) mass is 406 g/mol. The third-order valence-electron chi connectivity index (χ3n) is 4.22. The Morgan fingerprint density at radius 1 is 0.643 bits per heavy atom. The van der Waals surface area contributed by atoms with Crippen LogP contribution < -0.4 is 9.05 Å². The average Bonchev–Trinajstić information content (AvgIpc) is 2.71. The minimum atomic E-state index is -3.76. The highest BCUT2D eigenvalue weighted by Crippen LogP contribution is 2.49. The Balaban J connectivity index is 1.76. The summed E-state index contributed by atoms with van der Waals surface area (Å²) in [5.74, 6) is 0.897. The maximum atomic E-state index is 13.1. The van der Waals surface area contributed by atoms with Crippen molar-refractivity contribution >= 4 is 7.82 Å². The Hall–Kier alpha value is -1.81. The summed E-state index contributed by atoms with van der Waals surface area (Å²) in [5, 5.41) is 8.76. The second-order valence-corrected chi connectivity index (χ2v) is 8.16. The minimum absolute atomic E-state index is 0.285. The van der Waals surface area contributed by atoms with Gasteiger partial charge in [-0.25, -0.2) is 4.57 Å². The summed E-state index contributed by atoms with van der Waals surface area (Å²) in [6.07, 6.45) is 8.45. The molecular formula is C22H31O5P. The maximum Gasteiger partial charge on any atom is 0.587 e. The Bertz CT molecular complexity index is 632. The van der Waals surface area contributed by atoms with Gasteiger partial charge in [-0.3, -0.25) is 4.52 Å². The van der Waals surface area contributed by atoms with Gasteiger partial charge in [-0.15, -0.1) is 0 Å². The fraction of sp³-hybridized carbons (Fsp3) is 0.455. The normalized spacial score (nSPS) is 11.3. The quantitative estimate of drug-likeness (QED) is 0.274. The second kappa shape index (κ2) is 13.4. The predicted octanol–water partition coefficient (Wildman–Crippen LogP) is 6.38. The van der Waals surface area contributed by atoms with Crippen LogP contribution >= 0.6 is 7.82 Å². The van der Waals surface area contributed by atoms with Crippen molar-refractivity contribution in [2.75, 3.05) is 13.2 Å². The molecule has 0 fully saturated rings. The van der Waals surface area contributed by atoms with Crippen LogP contribution in [0.15, 0.2) is 60.7 Å². The maximum absolute atomic E-state index is 13.1. The van der Waals surface area contributed by atoms with E-state index in [1.54, 1.807) is 24.3 Å². The summed E-state index contributed by atoms with van der Waals surface area (Å²) in [4.78, 5) is 0. The predicted molar refractivity (Wildman–Crippen MR) is 112 cm³/mol. The highest BCUT2D eigenvalue weighted by molar-refractivity contribution is 7.49. The average molecular weight is 406 g/mol. The van der Waals surface area contributed by atoms with E-state index in [-0.39, 0.29) is 6.61 Å². The van der Waals surface area contributed by atoms with E-state index in [4.69, 9.17) is 18.7 Å². The van der Waals surface area contributed by atoms with Gasteiger partial charge < -0.3 is 14.2 Å². The number of rotatable bonds is 15. The molecule has 0 radical (unpaired) electrons. The third-order valence-corrected chi connectivity index (χ3v) is 5.59. The van der Waals surface area contributed by atoms with Crippen LogP contribution in [0.3, 0.4) is 0 Å². The molecule has 0 aliphatic carbocycles. The van der Waals surface area contributed by atoms with Crippen LogP contribution in [0.2, 0.25) is 0 Å². The molecule has 5 nitrogen and oxygen atoms in total. The van der Waals surface area contributed by atoms with Crippen molar-refractivity contribution in [2.45, 2.75) is 51.4 Å². The number of unbranched alkanes of at least 4 members (excludes halogenated alkanes) is 7. The molecule has 0 aromatic heterocycles. The van der Waals surface area contributed by atoms with Crippen molar-refractivity contribution in [3.63, 3.8) is 0 Å². The molecule has 2 aromatic rings. The number of para-hydroxylation sites is 2. The van der Waals surface area contributed by atoms with E-state index in [1.807, 2.05) is 36.4 Å². The number of phosphoric acid groups is 1. The Kier molecular flexibility index (Phi) is 10.7. The van der Waals surface area contributed by atoms with Gasteiger partial charge in [0.25, 0.3) is 0 Å². The van der Waals surface area contributed by atoms with Gasteiger partial charge in [-0.05, 0) is 37.1 Å². The van der Waals surface area contributed by atoms with E-state index in [0.29, 0.717) is 18.1 Å². The van der Waals surface area contributed by atoms with Crippen molar-refractivity contribution < 1.29 is 23.2 Å². The molecule has 0 heterocycles. The number of phosphoric ester groups is 1. The topological polar surface area (TPSA) is 65.0 Å². The lowest BCUT2D eigenvalue weighted by atomic mass is 10.1. The number of aliphatic hydroxyl groups excluding tert-OH is 1. The molecular weight excluding hydrogens is 375 g/mol. The smallest absolute Gasteiger partial charge is 0.396 e. The molecule has 0 aliphatic rings. The van der Waals surface area contributed by atoms with Gasteiger partial charge >= 0.3 is 7.82 Å². The molecule has 0 unspecified atom stereocenters. The third kappa shape index (κ3) is 9.41. The summed E-state index contributed by atoms with van der Waals surface area (Å²) in [6.45, 7) is 0.606. The molecule has 0 bridgehead atoms. The Morgan fingerprint density at radius 2 is 1.07 bits per heavy atom. The van der Waals surface area contributed by atoms with Crippen molar-refractivity contribution in [3.05, 3.63) is 60.7 Å². The van der Waals surface area contributed by atoms with E-state index >= 15 is 0 Å². The van der Waals surface area contributed by atoms with E-state index in [2.05, 4.69) is 0 Å². The van der Waals surface area contributed by atoms with Gasteiger partial charge in [-0.2, -0.15) is 0 Å². The first-order valence-corrected chi connectivity index (χ1v) is 11.5. The van der Waals surface area contributed by atoms with Gasteiger partial charge in [-0.1, -0.05) is 74.9 Å². The lowest BCUT2D eigenvalue weighted by Crippen LogP contribution is -2.06. The molecule has 1 N–H and O–H groups in total. The molecule has 0 saturated carbocycles. The zero-order valence-corrected chi connectivity index (χ0v) is 17.3. The second-order valence-electron chi connectivity index (χ2n) is 6.64. The van der Waals surface area contributed by atoms with Crippen LogP contribution in [-0.2, 0) is 9.09 Å². The molecule has 0 spiro atoms. The Labute approximate surface area is 168 Å². The molecule has 154 valence electrons. The molecule has 2 aromatic carbocycles. The molecule has 6 heteroatoms. The van der Waals surface area contributed by atoms with Gasteiger partial charge in [0.1, 0.15) is 11.5 Å². The first-order valence-electron chi connectivity index (χ1n) is 10.1. The first kappa shape index (κ1) is 22.5. The number of hydrogen-bond acceptors (Lipinski definition) is 5. The van der Waals surface area contributed by atoms with Crippen LogP contribution in [0.5, 0.6) is 11.5 Å². The van der Waals surface area contributed by atoms with Crippen LogP contribution in [-0.4, -0.2) is 18.3 Å². The molecule has 0 saturated heterocycles. The molecule has 0 amide bonds. The number of hydrogen-bond donors (Lipinski definition) is 1. The largest absolute Gasteiger partial charge is 0.587 e. The van der Waals surface area contributed by atoms with E-state index in [9.17, 15) is 4.57 Å². The fourth-order valence-corrected chi connectivity index (χ4v) is 4.00.